The molecule has 2 aliphatic heterocycles. The number of aromatic nitrogens is 2. The van der Waals surface area contributed by atoms with Gasteiger partial charge >= 0.3 is 0 Å². The molecule has 2 atom stereocenters. The highest BCUT2D eigenvalue weighted by atomic mass is 16.5. The lowest BCUT2D eigenvalue weighted by Crippen LogP contribution is -2.37. The molecule has 2 aromatic rings. The summed E-state index contributed by atoms with van der Waals surface area (Å²) in [6.45, 7) is 7.60. The first-order valence-electron chi connectivity index (χ1n) is 9.03. The van der Waals surface area contributed by atoms with Crippen molar-refractivity contribution in [3.8, 4) is 0 Å². The van der Waals surface area contributed by atoms with Gasteiger partial charge in [-0.1, -0.05) is 23.8 Å². The topological polar surface area (TPSA) is 47.4 Å². The lowest BCUT2D eigenvalue weighted by atomic mass is 9.96. The van der Waals surface area contributed by atoms with E-state index in [4.69, 9.17) is 4.74 Å². The standard InChI is InChI=1S/C20H25N3O2/c1-12-5-6-15-7-8-23(11-16(15)9-12)20(24)19-17-10-13(2)25-14(3)18(17)21-22(19)4/h5-6,9,13-14H,7-8,10-11H2,1-4H3/t13-,14+/m1/s1. The van der Waals surface area contributed by atoms with E-state index in [0.717, 1.165) is 36.3 Å². The number of hydrogen-bond acceptors (Lipinski definition) is 3. The molecule has 1 aromatic carbocycles. The summed E-state index contributed by atoms with van der Waals surface area (Å²) in [4.78, 5) is 15.2. The van der Waals surface area contributed by atoms with Crippen LogP contribution in [0.5, 0.6) is 0 Å². The number of carbonyl (C=O) groups is 1. The Morgan fingerprint density at radius 2 is 2.08 bits per heavy atom. The molecule has 3 heterocycles. The molecule has 0 N–H and O–H groups in total. The second-order valence-corrected chi connectivity index (χ2v) is 7.38. The van der Waals surface area contributed by atoms with Gasteiger partial charge in [0.25, 0.3) is 5.91 Å². The van der Waals surface area contributed by atoms with Gasteiger partial charge in [-0.2, -0.15) is 5.10 Å². The zero-order valence-corrected chi connectivity index (χ0v) is 15.4. The summed E-state index contributed by atoms with van der Waals surface area (Å²) < 4.78 is 7.61. The van der Waals surface area contributed by atoms with Crippen LogP contribution in [-0.4, -0.2) is 33.2 Å². The van der Waals surface area contributed by atoms with Gasteiger partial charge in [-0.05, 0) is 38.3 Å². The van der Waals surface area contributed by atoms with Crippen LogP contribution < -0.4 is 0 Å². The maximum Gasteiger partial charge on any atom is 0.272 e. The number of hydrogen-bond donors (Lipinski definition) is 0. The molecule has 2 aliphatic rings. The van der Waals surface area contributed by atoms with Crippen LogP contribution >= 0.6 is 0 Å². The van der Waals surface area contributed by atoms with Gasteiger partial charge in [0.2, 0.25) is 0 Å². The fourth-order valence-corrected chi connectivity index (χ4v) is 4.14. The van der Waals surface area contributed by atoms with Crippen LogP contribution in [-0.2, 0) is 31.2 Å². The summed E-state index contributed by atoms with van der Waals surface area (Å²) in [5.74, 6) is 0.0877. The average molecular weight is 339 g/mol. The SMILES string of the molecule is Cc1ccc2c(c1)CN(C(=O)c1c3c(nn1C)[C@H](C)O[C@H](C)C3)CC2. The summed E-state index contributed by atoms with van der Waals surface area (Å²) in [6.07, 6.45) is 1.72. The molecule has 1 aromatic heterocycles. The van der Waals surface area contributed by atoms with Crippen molar-refractivity contribution >= 4 is 5.91 Å². The van der Waals surface area contributed by atoms with Gasteiger partial charge in [-0.3, -0.25) is 9.48 Å². The molecule has 1 amide bonds. The number of ether oxygens (including phenoxy) is 1. The Kier molecular flexibility index (Phi) is 3.91. The Hall–Kier alpha value is -2.14. The van der Waals surface area contributed by atoms with Gasteiger partial charge in [0.15, 0.2) is 0 Å². The predicted molar refractivity (Wildman–Crippen MR) is 95.5 cm³/mol. The molecule has 4 rings (SSSR count). The summed E-state index contributed by atoms with van der Waals surface area (Å²) in [5.41, 5.74) is 6.57. The number of fused-ring (bicyclic) bond motifs is 2. The third kappa shape index (κ3) is 2.76. The number of nitrogens with zero attached hydrogens (tertiary/aromatic N) is 3. The first-order chi connectivity index (χ1) is 11.9. The Morgan fingerprint density at radius 1 is 1.28 bits per heavy atom. The first-order valence-corrected chi connectivity index (χ1v) is 9.03. The normalized spacial score (nSPS) is 22.5. The molecule has 0 saturated heterocycles. The second kappa shape index (κ2) is 5.99. The van der Waals surface area contributed by atoms with Gasteiger partial charge in [-0.15, -0.1) is 0 Å². The van der Waals surface area contributed by atoms with Gasteiger partial charge < -0.3 is 9.64 Å². The third-order valence-corrected chi connectivity index (χ3v) is 5.35. The minimum Gasteiger partial charge on any atom is -0.369 e. The minimum atomic E-state index is -0.0590. The Bertz CT molecular complexity index is 840. The fraction of sp³-hybridized carbons (Fsp3) is 0.500. The number of benzene rings is 1. The van der Waals surface area contributed by atoms with Crippen LogP contribution in [0, 0.1) is 6.92 Å². The maximum absolute atomic E-state index is 13.3. The van der Waals surface area contributed by atoms with Crippen molar-refractivity contribution in [1.82, 2.24) is 14.7 Å². The highest BCUT2D eigenvalue weighted by molar-refractivity contribution is 5.94. The lowest BCUT2D eigenvalue weighted by molar-refractivity contribution is -0.00714. The molecule has 5 heteroatoms. The fourth-order valence-electron chi connectivity index (χ4n) is 4.14. The number of rotatable bonds is 1. The molecule has 0 aliphatic carbocycles. The van der Waals surface area contributed by atoms with E-state index < -0.39 is 0 Å². The van der Waals surface area contributed by atoms with E-state index in [1.807, 2.05) is 18.9 Å². The van der Waals surface area contributed by atoms with E-state index in [-0.39, 0.29) is 18.1 Å². The van der Waals surface area contributed by atoms with Gasteiger partial charge in [-0.25, -0.2) is 0 Å². The molecule has 0 spiro atoms. The number of aryl methyl sites for hydroxylation is 2. The quantitative estimate of drug-likeness (QED) is 0.802. The highest BCUT2D eigenvalue weighted by Crippen LogP contribution is 2.32. The van der Waals surface area contributed by atoms with Gasteiger partial charge in [0.1, 0.15) is 5.69 Å². The van der Waals surface area contributed by atoms with E-state index in [0.29, 0.717) is 6.54 Å². The molecular formula is C20H25N3O2. The number of carbonyl (C=O) groups excluding carboxylic acids is 1. The number of amides is 1. The summed E-state index contributed by atoms with van der Waals surface area (Å²) in [7, 11) is 1.87. The summed E-state index contributed by atoms with van der Waals surface area (Å²) >= 11 is 0. The van der Waals surface area contributed by atoms with E-state index in [1.165, 1.54) is 16.7 Å². The lowest BCUT2D eigenvalue weighted by Gasteiger charge is -2.30. The van der Waals surface area contributed by atoms with Crippen molar-refractivity contribution in [2.45, 2.75) is 52.4 Å². The molecular weight excluding hydrogens is 314 g/mol. The van der Waals surface area contributed by atoms with Crippen molar-refractivity contribution < 1.29 is 9.53 Å². The van der Waals surface area contributed by atoms with Crippen LogP contribution in [0.4, 0.5) is 0 Å². The zero-order chi connectivity index (χ0) is 17.7. The maximum atomic E-state index is 13.3. The molecule has 0 unspecified atom stereocenters. The largest absolute Gasteiger partial charge is 0.369 e. The summed E-state index contributed by atoms with van der Waals surface area (Å²) in [6, 6.07) is 6.54. The zero-order valence-electron chi connectivity index (χ0n) is 15.4. The van der Waals surface area contributed by atoms with Crippen LogP contribution in [0.25, 0.3) is 0 Å². The Labute approximate surface area is 148 Å². The minimum absolute atomic E-state index is 0.0590. The van der Waals surface area contributed by atoms with E-state index >= 15 is 0 Å². The molecule has 0 radical (unpaired) electrons. The smallest absolute Gasteiger partial charge is 0.272 e. The third-order valence-electron chi connectivity index (χ3n) is 5.35. The molecule has 25 heavy (non-hydrogen) atoms. The van der Waals surface area contributed by atoms with Crippen LogP contribution in [0.1, 0.15) is 58.4 Å². The monoisotopic (exact) mass is 339 g/mol. The van der Waals surface area contributed by atoms with E-state index in [9.17, 15) is 4.79 Å². The van der Waals surface area contributed by atoms with Crippen LogP contribution in [0.15, 0.2) is 18.2 Å². The van der Waals surface area contributed by atoms with E-state index in [2.05, 4.69) is 37.1 Å². The van der Waals surface area contributed by atoms with Gasteiger partial charge in [0.05, 0.1) is 17.9 Å². The molecule has 5 nitrogen and oxygen atoms in total. The summed E-state index contributed by atoms with van der Waals surface area (Å²) in [5, 5.41) is 4.59. The molecule has 0 saturated carbocycles. The van der Waals surface area contributed by atoms with Crippen molar-refractivity contribution in [3.63, 3.8) is 0 Å². The van der Waals surface area contributed by atoms with Crippen molar-refractivity contribution in [2.24, 2.45) is 7.05 Å². The van der Waals surface area contributed by atoms with Crippen molar-refractivity contribution in [1.29, 1.82) is 0 Å². The Balaban J connectivity index is 1.66. The second-order valence-electron chi connectivity index (χ2n) is 7.38. The Morgan fingerprint density at radius 3 is 2.88 bits per heavy atom. The van der Waals surface area contributed by atoms with Crippen molar-refractivity contribution in [2.75, 3.05) is 6.54 Å². The highest BCUT2D eigenvalue weighted by Gasteiger charge is 2.33. The average Bonchev–Trinajstić information content (AvgIpc) is 2.90. The van der Waals surface area contributed by atoms with Crippen LogP contribution in [0.2, 0.25) is 0 Å². The molecule has 0 fully saturated rings. The molecule has 132 valence electrons. The van der Waals surface area contributed by atoms with Crippen molar-refractivity contribution in [3.05, 3.63) is 51.8 Å². The van der Waals surface area contributed by atoms with E-state index in [1.54, 1.807) is 4.68 Å². The van der Waals surface area contributed by atoms with Gasteiger partial charge in [0, 0.05) is 32.1 Å². The molecule has 0 bridgehead atoms. The predicted octanol–water partition coefficient (Wildman–Crippen LogP) is 2.95. The first kappa shape index (κ1) is 16.3. The van der Waals surface area contributed by atoms with Crippen LogP contribution in [0.3, 0.4) is 0 Å².